The number of aryl methyl sites for hydroxylation is 1. The lowest BCUT2D eigenvalue weighted by molar-refractivity contribution is 0.101. The predicted molar refractivity (Wildman–Crippen MR) is 80.3 cm³/mol. The van der Waals surface area contributed by atoms with Gasteiger partial charge < -0.3 is 9.84 Å². The van der Waals surface area contributed by atoms with Gasteiger partial charge in [0.2, 0.25) is 0 Å². The molecular weight excluding hydrogens is 355 g/mol. The second kappa shape index (κ2) is 4.96. The van der Waals surface area contributed by atoms with Gasteiger partial charge in [0.25, 0.3) is 5.91 Å². The van der Waals surface area contributed by atoms with Gasteiger partial charge in [-0.15, -0.1) is 0 Å². The molecule has 1 fully saturated rings. The van der Waals surface area contributed by atoms with E-state index >= 15 is 0 Å². The molecule has 19 heavy (non-hydrogen) atoms. The van der Waals surface area contributed by atoms with Gasteiger partial charge in [-0.25, -0.2) is 0 Å². The number of nitrogens with one attached hydrogen (secondary N) is 1. The van der Waals surface area contributed by atoms with Crippen LogP contribution >= 0.6 is 22.6 Å². The smallest absolute Gasteiger partial charge is 0.277 e. The normalized spacial score (nSPS) is 14.4. The first-order valence-electron chi connectivity index (χ1n) is 6.17. The van der Waals surface area contributed by atoms with Gasteiger partial charge in [-0.2, -0.15) is 0 Å². The van der Waals surface area contributed by atoms with Crippen LogP contribution in [0.1, 0.15) is 40.6 Å². The zero-order chi connectivity index (χ0) is 13.4. The molecule has 1 aromatic heterocycles. The molecule has 1 aliphatic rings. The molecule has 0 spiro atoms. The van der Waals surface area contributed by atoms with E-state index in [1.807, 2.05) is 25.1 Å². The van der Waals surface area contributed by atoms with Crippen LogP contribution in [0.2, 0.25) is 0 Å². The summed E-state index contributed by atoms with van der Waals surface area (Å²) in [6.07, 6.45) is 2.26. The molecule has 0 unspecified atom stereocenters. The fourth-order valence-corrected chi connectivity index (χ4v) is 2.34. The summed E-state index contributed by atoms with van der Waals surface area (Å²) in [5.41, 5.74) is 2.31. The van der Waals surface area contributed by atoms with Gasteiger partial charge in [-0.3, -0.25) is 4.79 Å². The average molecular weight is 368 g/mol. The van der Waals surface area contributed by atoms with Crippen LogP contribution in [-0.4, -0.2) is 11.1 Å². The van der Waals surface area contributed by atoms with Gasteiger partial charge in [0.1, 0.15) is 5.76 Å². The third kappa shape index (κ3) is 2.80. The molecule has 0 aliphatic heterocycles. The highest BCUT2D eigenvalue weighted by atomic mass is 127. The number of carbonyl (C=O) groups excluding carboxylic acids is 1. The fraction of sp³-hybridized carbons (Fsp3) is 0.286. The summed E-state index contributed by atoms with van der Waals surface area (Å²) in [5, 5.41) is 6.66. The Balaban J connectivity index is 1.74. The quantitative estimate of drug-likeness (QED) is 0.841. The minimum atomic E-state index is -0.227. The molecule has 3 rings (SSSR count). The number of nitrogens with zero attached hydrogens (tertiary/aromatic N) is 1. The van der Waals surface area contributed by atoms with Gasteiger partial charge in [-0.05, 0) is 60.1 Å². The highest BCUT2D eigenvalue weighted by molar-refractivity contribution is 14.1. The highest BCUT2D eigenvalue weighted by Crippen LogP contribution is 2.40. The molecule has 1 N–H and O–H groups in total. The molecule has 2 aromatic rings. The first-order valence-corrected chi connectivity index (χ1v) is 7.25. The van der Waals surface area contributed by atoms with Crippen molar-refractivity contribution in [2.45, 2.75) is 25.7 Å². The second-order valence-electron chi connectivity index (χ2n) is 4.81. The molecule has 1 amide bonds. The van der Waals surface area contributed by atoms with E-state index in [1.54, 1.807) is 6.07 Å². The van der Waals surface area contributed by atoms with Crippen molar-refractivity contribution >= 4 is 34.2 Å². The Labute approximate surface area is 124 Å². The third-order valence-electron chi connectivity index (χ3n) is 3.17. The molecule has 1 aliphatic carbocycles. The predicted octanol–water partition coefficient (Wildman–Crippen LogP) is 3.72. The summed E-state index contributed by atoms with van der Waals surface area (Å²) >= 11 is 2.25. The summed E-state index contributed by atoms with van der Waals surface area (Å²) in [4.78, 5) is 12.0. The molecule has 0 saturated heterocycles. The number of rotatable bonds is 3. The Bertz CT molecular complexity index is 632. The van der Waals surface area contributed by atoms with Crippen molar-refractivity contribution in [1.29, 1.82) is 0 Å². The van der Waals surface area contributed by atoms with Crippen molar-refractivity contribution < 1.29 is 9.32 Å². The minimum absolute atomic E-state index is 0.227. The van der Waals surface area contributed by atoms with Gasteiger partial charge in [0.05, 0.1) is 0 Å². The van der Waals surface area contributed by atoms with E-state index < -0.39 is 0 Å². The van der Waals surface area contributed by atoms with Crippen molar-refractivity contribution in [3.8, 4) is 0 Å². The van der Waals surface area contributed by atoms with Crippen molar-refractivity contribution in [3.05, 3.63) is 44.9 Å². The number of amides is 1. The maximum atomic E-state index is 12.0. The number of hydrogen-bond donors (Lipinski definition) is 1. The largest absolute Gasteiger partial charge is 0.360 e. The SMILES string of the molecule is Cc1ccc(NC(=O)c2cc(C3CC3)on2)cc1I. The Morgan fingerprint density at radius 2 is 2.21 bits per heavy atom. The Kier molecular flexibility index (Phi) is 3.30. The molecule has 0 bridgehead atoms. The standard InChI is InChI=1S/C14H13IN2O2/c1-8-2-5-10(6-11(8)15)16-14(18)12-7-13(19-17-12)9-3-4-9/h2,5-7,9H,3-4H2,1H3,(H,16,18). The van der Waals surface area contributed by atoms with Crippen LogP contribution in [0.15, 0.2) is 28.8 Å². The maximum absolute atomic E-state index is 12.0. The number of anilines is 1. The van der Waals surface area contributed by atoms with E-state index in [-0.39, 0.29) is 5.91 Å². The number of aromatic nitrogens is 1. The van der Waals surface area contributed by atoms with Crippen LogP contribution in [0.3, 0.4) is 0 Å². The average Bonchev–Trinajstić information content (AvgIpc) is 3.11. The summed E-state index contributed by atoms with van der Waals surface area (Å²) < 4.78 is 6.30. The lowest BCUT2D eigenvalue weighted by Crippen LogP contribution is -2.12. The Hall–Kier alpha value is -1.37. The van der Waals surface area contributed by atoms with Gasteiger partial charge in [0, 0.05) is 21.2 Å². The number of benzene rings is 1. The molecule has 5 heteroatoms. The third-order valence-corrected chi connectivity index (χ3v) is 4.33. The molecule has 0 radical (unpaired) electrons. The van der Waals surface area contributed by atoms with E-state index in [0.717, 1.165) is 27.9 Å². The molecule has 98 valence electrons. The van der Waals surface area contributed by atoms with Crippen LogP contribution in [0.4, 0.5) is 5.69 Å². The van der Waals surface area contributed by atoms with Gasteiger partial charge >= 0.3 is 0 Å². The fourth-order valence-electron chi connectivity index (χ4n) is 1.82. The molecular formula is C14H13IN2O2. The second-order valence-corrected chi connectivity index (χ2v) is 5.97. The van der Waals surface area contributed by atoms with Crippen LogP contribution in [0, 0.1) is 10.5 Å². The van der Waals surface area contributed by atoms with Gasteiger partial charge in [0.15, 0.2) is 5.69 Å². The van der Waals surface area contributed by atoms with Crippen LogP contribution < -0.4 is 5.32 Å². The minimum Gasteiger partial charge on any atom is -0.360 e. The molecule has 1 saturated carbocycles. The monoisotopic (exact) mass is 368 g/mol. The Morgan fingerprint density at radius 1 is 1.42 bits per heavy atom. The van der Waals surface area contributed by atoms with Crippen LogP contribution in [0.5, 0.6) is 0 Å². The molecule has 1 heterocycles. The lowest BCUT2D eigenvalue weighted by Gasteiger charge is -2.04. The summed E-state index contributed by atoms with van der Waals surface area (Å²) in [7, 11) is 0. The first kappa shape index (κ1) is 12.7. The molecule has 4 nitrogen and oxygen atoms in total. The van der Waals surface area contributed by atoms with E-state index in [0.29, 0.717) is 11.6 Å². The van der Waals surface area contributed by atoms with Crippen molar-refractivity contribution in [2.24, 2.45) is 0 Å². The van der Waals surface area contributed by atoms with Crippen molar-refractivity contribution in [3.63, 3.8) is 0 Å². The summed E-state index contributed by atoms with van der Waals surface area (Å²) in [5.74, 6) is 1.06. The van der Waals surface area contributed by atoms with E-state index in [1.165, 1.54) is 5.56 Å². The van der Waals surface area contributed by atoms with E-state index in [2.05, 4.69) is 33.1 Å². The van der Waals surface area contributed by atoms with E-state index in [4.69, 9.17) is 4.52 Å². The van der Waals surface area contributed by atoms with Crippen LogP contribution in [-0.2, 0) is 0 Å². The number of halogens is 1. The van der Waals surface area contributed by atoms with Gasteiger partial charge in [-0.1, -0.05) is 11.2 Å². The zero-order valence-electron chi connectivity index (χ0n) is 10.4. The first-order chi connectivity index (χ1) is 9.13. The lowest BCUT2D eigenvalue weighted by atomic mass is 10.2. The number of hydrogen-bond acceptors (Lipinski definition) is 3. The zero-order valence-corrected chi connectivity index (χ0v) is 12.6. The molecule has 0 atom stereocenters. The van der Waals surface area contributed by atoms with Crippen molar-refractivity contribution in [1.82, 2.24) is 5.16 Å². The topological polar surface area (TPSA) is 55.1 Å². The summed E-state index contributed by atoms with van der Waals surface area (Å²) in [6, 6.07) is 7.55. The Morgan fingerprint density at radius 3 is 2.89 bits per heavy atom. The highest BCUT2D eigenvalue weighted by Gasteiger charge is 2.28. The number of carbonyl (C=O) groups is 1. The maximum Gasteiger partial charge on any atom is 0.277 e. The molecule has 1 aromatic carbocycles. The van der Waals surface area contributed by atoms with Crippen LogP contribution in [0.25, 0.3) is 0 Å². The van der Waals surface area contributed by atoms with Crippen molar-refractivity contribution in [2.75, 3.05) is 5.32 Å². The summed E-state index contributed by atoms with van der Waals surface area (Å²) in [6.45, 7) is 2.03. The van der Waals surface area contributed by atoms with E-state index in [9.17, 15) is 4.79 Å².